The van der Waals surface area contributed by atoms with Crippen molar-refractivity contribution in [3.05, 3.63) is 65.2 Å². The summed E-state index contributed by atoms with van der Waals surface area (Å²) in [6, 6.07) is 16.9. The lowest BCUT2D eigenvalue weighted by Crippen LogP contribution is -2.16. The minimum atomic E-state index is 0.921. The van der Waals surface area contributed by atoms with Crippen LogP contribution >= 0.6 is 0 Å². The van der Waals surface area contributed by atoms with Crippen molar-refractivity contribution in [2.45, 2.75) is 19.9 Å². The normalized spacial score (nSPS) is 10.4. The minimum Gasteiger partial charge on any atom is -0.497 e. The Labute approximate surface area is 115 Å². The van der Waals surface area contributed by atoms with Crippen LogP contribution in [0.1, 0.15) is 16.7 Å². The maximum Gasteiger partial charge on any atom is 0.119 e. The van der Waals surface area contributed by atoms with E-state index in [-0.39, 0.29) is 0 Å². The van der Waals surface area contributed by atoms with Gasteiger partial charge in [-0.15, -0.1) is 0 Å². The molecule has 2 heteroatoms. The Morgan fingerprint density at radius 2 is 1.79 bits per heavy atom. The zero-order chi connectivity index (χ0) is 13.5. The molecule has 0 heterocycles. The maximum absolute atomic E-state index is 5.22. The molecule has 2 rings (SSSR count). The maximum atomic E-state index is 5.22. The number of ether oxygens (including phenoxy) is 1. The van der Waals surface area contributed by atoms with Gasteiger partial charge >= 0.3 is 0 Å². The molecule has 0 bridgehead atoms. The highest BCUT2D eigenvalue weighted by atomic mass is 16.5. The van der Waals surface area contributed by atoms with Crippen LogP contribution in [0.2, 0.25) is 0 Å². The summed E-state index contributed by atoms with van der Waals surface area (Å²) < 4.78 is 5.22. The molecule has 2 nitrogen and oxygen atoms in total. The van der Waals surface area contributed by atoms with Gasteiger partial charge in [-0.2, -0.15) is 0 Å². The largest absolute Gasteiger partial charge is 0.497 e. The zero-order valence-electron chi connectivity index (χ0n) is 11.6. The number of nitrogens with one attached hydrogen (secondary N) is 1. The lowest BCUT2D eigenvalue weighted by atomic mass is 10.1. The Morgan fingerprint density at radius 3 is 2.53 bits per heavy atom. The number of hydrogen-bond donors (Lipinski definition) is 1. The number of hydrogen-bond acceptors (Lipinski definition) is 2. The molecule has 100 valence electrons. The molecular weight excluding hydrogens is 234 g/mol. The quantitative estimate of drug-likeness (QED) is 0.799. The first kappa shape index (κ1) is 13.6. The Bertz CT molecular complexity index is 505. The summed E-state index contributed by atoms with van der Waals surface area (Å²) >= 11 is 0. The summed E-state index contributed by atoms with van der Waals surface area (Å²) in [4.78, 5) is 0. The van der Waals surface area contributed by atoms with E-state index in [2.05, 4.69) is 48.6 Å². The van der Waals surface area contributed by atoms with E-state index in [4.69, 9.17) is 4.74 Å². The second-order valence-corrected chi connectivity index (χ2v) is 4.76. The molecular formula is C17H21NO. The highest BCUT2D eigenvalue weighted by Crippen LogP contribution is 2.12. The molecule has 0 aromatic heterocycles. The van der Waals surface area contributed by atoms with Crippen molar-refractivity contribution in [2.75, 3.05) is 13.7 Å². The van der Waals surface area contributed by atoms with Crippen LogP contribution in [0.4, 0.5) is 0 Å². The third-order valence-electron chi connectivity index (χ3n) is 3.17. The topological polar surface area (TPSA) is 21.3 Å². The molecule has 0 saturated heterocycles. The van der Waals surface area contributed by atoms with Crippen molar-refractivity contribution in [2.24, 2.45) is 0 Å². The highest BCUT2D eigenvalue weighted by molar-refractivity contribution is 5.28. The van der Waals surface area contributed by atoms with Gasteiger partial charge in [0.1, 0.15) is 5.75 Å². The summed E-state index contributed by atoms with van der Waals surface area (Å²) in [6.45, 7) is 4.01. The molecule has 2 aromatic carbocycles. The van der Waals surface area contributed by atoms with Gasteiger partial charge in [0.15, 0.2) is 0 Å². The van der Waals surface area contributed by atoms with Gasteiger partial charge in [0.25, 0.3) is 0 Å². The molecule has 2 aromatic rings. The van der Waals surface area contributed by atoms with Crippen molar-refractivity contribution in [1.29, 1.82) is 0 Å². The van der Waals surface area contributed by atoms with Gasteiger partial charge in [0.05, 0.1) is 7.11 Å². The monoisotopic (exact) mass is 255 g/mol. The van der Waals surface area contributed by atoms with E-state index in [1.807, 2.05) is 12.1 Å². The number of methoxy groups -OCH3 is 1. The summed E-state index contributed by atoms with van der Waals surface area (Å²) in [7, 11) is 1.70. The van der Waals surface area contributed by atoms with Crippen LogP contribution in [0, 0.1) is 6.92 Å². The van der Waals surface area contributed by atoms with E-state index in [1.54, 1.807) is 7.11 Å². The predicted molar refractivity (Wildman–Crippen MR) is 79.6 cm³/mol. The third kappa shape index (κ3) is 4.42. The number of benzene rings is 2. The van der Waals surface area contributed by atoms with Crippen molar-refractivity contribution in [3.8, 4) is 5.75 Å². The molecule has 0 aliphatic carbocycles. The fourth-order valence-electron chi connectivity index (χ4n) is 2.00. The second-order valence-electron chi connectivity index (χ2n) is 4.76. The first-order chi connectivity index (χ1) is 9.28. The van der Waals surface area contributed by atoms with Crippen molar-refractivity contribution >= 4 is 0 Å². The van der Waals surface area contributed by atoms with Gasteiger partial charge in [-0.1, -0.05) is 42.0 Å². The van der Waals surface area contributed by atoms with Crippen LogP contribution in [-0.4, -0.2) is 13.7 Å². The molecule has 1 N–H and O–H groups in total. The highest BCUT2D eigenvalue weighted by Gasteiger charge is 1.96. The smallest absolute Gasteiger partial charge is 0.119 e. The molecule has 0 spiro atoms. The lowest BCUT2D eigenvalue weighted by molar-refractivity contribution is 0.414. The SMILES string of the molecule is COc1cccc(CCNCc2ccc(C)cc2)c1. The fourth-order valence-corrected chi connectivity index (χ4v) is 2.00. The fraction of sp³-hybridized carbons (Fsp3) is 0.294. The lowest BCUT2D eigenvalue weighted by Gasteiger charge is -2.07. The molecule has 0 aliphatic rings. The molecule has 0 fully saturated rings. The van der Waals surface area contributed by atoms with E-state index in [0.29, 0.717) is 0 Å². The first-order valence-electron chi connectivity index (χ1n) is 6.67. The van der Waals surface area contributed by atoms with E-state index in [1.165, 1.54) is 16.7 Å². The molecule has 0 radical (unpaired) electrons. The number of aryl methyl sites for hydroxylation is 1. The van der Waals surface area contributed by atoms with Gasteiger partial charge in [-0.3, -0.25) is 0 Å². The van der Waals surface area contributed by atoms with Gasteiger partial charge in [-0.25, -0.2) is 0 Å². The van der Waals surface area contributed by atoms with E-state index < -0.39 is 0 Å². The van der Waals surface area contributed by atoms with E-state index >= 15 is 0 Å². The average Bonchev–Trinajstić information content (AvgIpc) is 2.46. The second kappa shape index (κ2) is 6.95. The Hall–Kier alpha value is -1.80. The molecule has 0 amide bonds. The number of rotatable bonds is 6. The van der Waals surface area contributed by atoms with Gasteiger partial charge < -0.3 is 10.1 Å². The van der Waals surface area contributed by atoms with Crippen LogP contribution in [0.15, 0.2) is 48.5 Å². The molecule has 19 heavy (non-hydrogen) atoms. The molecule has 0 saturated carbocycles. The van der Waals surface area contributed by atoms with Crippen LogP contribution in [0.3, 0.4) is 0 Å². The van der Waals surface area contributed by atoms with Crippen molar-refractivity contribution in [3.63, 3.8) is 0 Å². The van der Waals surface area contributed by atoms with Gasteiger partial charge in [0.2, 0.25) is 0 Å². The standard InChI is InChI=1S/C17H21NO/c1-14-6-8-16(9-7-14)13-18-11-10-15-4-3-5-17(12-15)19-2/h3-9,12,18H,10-11,13H2,1-2H3. The Kier molecular flexibility index (Phi) is 4.99. The minimum absolute atomic E-state index is 0.921. The van der Waals surface area contributed by atoms with Crippen LogP contribution in [0.5, 0.6) is 5.75 Å². The van der Waals surface area contributed by atoms with Crippen molar-refractivity contribution in [1.82, 2.24) is 5.32 Å². The van der Waals surface area contributed by atoms with Crippen LogP contribution in [-0.2, 0) is 13.0 Å². The third-order valence-corrected chi connectivity index (χ3v) is 3.17. The average molecular weight is 255 g/mol. The van der Waals surface area contributed by atoms with E-state index in [9.17, 15) is 0 Å². The predicted octanol–water partition coefficient (Wildman–Crippen LogP) is 3.34. The van der Waals surface area contributed by atoms with Crippen LogP contribution in [0.25, 0.3) is 0 Å². The Morgan fingerprint density at radius 1 is 1.00 bits per heavy atom. The van der Waals surface area contributed by atoms with Crippen molar-refractivity contribution < 1.29 is 4.74 Å². The molecule has 0 aliphatic heterocycles. The van der Waals surface area contributed by atoms with Crippen LogP contribution < -0.4 is 10.1 Å². The Balaban J connectivity index is 1.75. The first-order valence-corrected chi connectivity index (χ1v) is 6.67. The summed E-state index contributed by atoms with van der Waals surface area (Å²) in [5.41, 5.74) is 3.94. The van der Waals surface area contributed by atoms with Gasteiger partial charge in [0, 0.05) is 6.54 Å². The van der Waals surface area contributed by atoms with Gasteiger partial charge in [-0.05, 0) is 43.1 Å². The van der Waals surface area contributed by atoms with E-state index in [0.717, 1.165) is 25.3 Å². The summed E-state index contributed by atoms with van der Waals surface area (Å²) in [5, 5.41) is 3.47. The molecule has 0 atom stereocenters. The molecule has 0 unspecified atom stereocenters. The summed E-state index contributed by atoms with van der Waals surface area (Å²) in [5.74, 6) is 0.927. The zero-order valence-corrected chi connectivity index (χ0v) is 11.6. The summed E-state index contributed by atoms with van der Waals surface area (Å²) in [6.07, 6.45) is 1.02.